The van der Waals surface area contributed by atoms with E-state index in [0.29, 0.717) is 0 Å². The highest BCUT2D eigenvalue weighted by Gasteiger charge is 2.23. The molecule has 0 aromatic heterocycles. The number of carboxylic acids is 1. The number of hydrogen-bond donors (Lipinski definition) is 1. The van der Waals surface area contributed by atoms with Crippen LogP contribution in [-0.4, -0.2) is 34.0 Å². The van der Waals surface area contributed by atoms with Gasteiger partial charge in [0.25, 0.3) is 11.4 Å². The molecule has 0 saturated carbocycles. The van der Waals surface area contributed by atoms with E-state index in [1.54, 1.807) is 6.92 Å². The zero-order valence-corrected chi connectivity index (χ0v) is 9.98. The molecule has 0 unspecified atom stereocenters. The van der Waals surface area contributed by atoms with Gasteiger partial charge >= 0.3 is 5.97 Å². The maximum Gasteiger partial charge on any atom is 0.323 e. The van der Waals surface area contributed by atoms with Gasteiger partial charge in [0.05, 0.1) is 15.9 Å². The van der Waals surface area contributed by atoms with E-state index < -0.39 is 33.7 Å². The number of non-ortho nitro benzene ring substituents is 1. The molecule has 0 saturated heterocycles. The third kappa shape index (κ3) is 3.37. The summed E-state index contributed by atoms with van der Waals surface area (Å²) in [7, 11) is 0. The van der Waals surface area contributed by atoms with Crippen molar-refractivity contribution in [3.63, 3.8) is 0 Å². The van der Waals surface area contributed by atoms with Crippen molar-refractivity contribution < 1.29 is 19.7 Å². The molecule has 102 valence electrons. The molecule has 0 amide bonds. The fourth-order valence-corrected chi connectivity index (χ4v) is 1.57. The van der Waals surface area contributed by atoms with Crippen LogP contribution in [0.3, 0.4) is 0 Å². The van der Waals surface area contributed by atoms with Crippen LogP contribution in [0.4, 0.5) is 17.1 Å². The molecule has 19 heavy (non-hydrogen) atoms. The third-order valence-corrected chi connectivity index (χ3v) is 2.42. The molecule has 9 heteroatoms. The second-order valence-corrected chi connectivity index (χ2v) is 3.60. The molecular formula is C10H11N3O6. The molecule has 0 aliphatic heterocycles. The summed E-state index contributed by atoms with van der Waals surface area (Å²) >= 11 is 0. The molecule has 0 bridgehead atoms. The van der Waals surface area contributed by atoms with Crippen molar-refractivity contribution in [2.24, 2.45) is 0 Å². The normalized spacial score (nSPS) is 9.95. The van der Waals surface area contributed by atoms with Crippen LogP contribution >= 0.6 is 0 Å². The number of likely N-dealkylation sites (N-methyl/N-ethyl adjacent to an activating group) is 1. The summed E-state index contributed by atoms with van der Waals surface area (Å²) in [5.41, 5.74) is -0.861. The average Bonchev–Trinajstić information content (AvgIpc) is 2.34. The predicted molar refractivity (Wildman–Crippen MR) is 65.3 cm³/mol. The monoisotopic (exact) mass is 269 g/mol. The Bertz CT molecular complexity index is 530. The van der Waals surface area contributed by atoms with E-state index in [0.717, 1.165) is 12.1 Å². The number of carbonyl (C=O) groups is 1. The highest BCUT2D eigenvalue weighted by molar-refractivity contribution is 5.76. The van der Waals surface area contributed by atoms with Gasteiger partial charge in [0.15, 0.2) is 0 Å². The standard InChI is InChI=1S/C10H11N3O6/c1-2-11(6-10(14)15)8-4-3-7(12(16)17)5-9(8)13(18)19/h3-5H,2,6H2,1H3,(H,14,15). The summed E-state index contributed by atoms with van der Waals surface area (Å²) in [6.45, 7) is 1.44. The summed E-state index contributed by atoms with van der Waals surface area (Å²) in [5.74, 6) is -1.14. The quantitative estimate of drug-likeness (QED) is 0.610. The predicted octanol–water partition coefficient (Wildman–Crippen LogP) is 1.41. The zero-order valence-electron chi connectivity index (χ0n) is 9.98. The van der Waals surface area contributed by atoms with Crippen molar-refractivity contribution in [2.75, 3.05) is 18.0 Å². The zero-order chi connectivity index (χ0) is 14.6. The van der Waals surface area contributed by atoms with E-state index in [2.05, 4.69) is 0 Å². The summed E-state index contributed by atoms with van der Waals surface area (Å²) in [6.07, 6.45) is 0. The highest BCUT2D eigenvalue weighted by atomic mass is 16.6. The summed E-state index contributed by atoms with van der Waals surface area (Å²) in [4.78, 5) is 31.9. The summed E-state index contributed by atoms with van der Waals surface area (Å²) in [6, 6.07) is 3.11. The lowest BCUT2D eigenvalue weighted by Crippen LogP contribution is -2.29. The van der Waals surface area contributed by atoms with Crippen LogP contribution in [0, 0.1) is 20.2 Å². The fourth-order valence-electron chi connectivity index (χ4n) is 1.57. The summed E-state index contributed by atoms with van der Waals surface area (Å²) < 4.78 is 0. The number of anilines is 1. The van der Waals surface area contributed by atoms with Gasteiger partial charge in [-0.25, -0.2) is 0 Å². The Morgan fingerprint density at radius 1 is 1.32 bits per heavy atom. The maximum absolute atomic E-state index is 10.9. The number of hydrogen-bond acceptors (Lipinski definition) is 6. The maximum atomic E-state index is 10.9. The molecule has 1 rings (SSSR count). The van der Waals surface area contributed by atoms with Crippen molar-refractivity contribution in [2.45, 2.75) is 6.92 Å². The minimum Gasteiger partial charge on any atom is -0.480 e. The topological polar surface area (TPSA) is 127 Å². The van der Waals surface area contributed by atoms with Gasteiger partial charge in [0, 0.05) is 12.6 Å². The molecule has 1 aromatic rings. The van der Waals surface area contributed by atoms with Gasteiger partial charge in [-0.05, 0) is 13.0 Å². The first-order valence-corrected chi connectivity index (χ1v) is 5.26. The van der Waals surface area contributed by atoms with E-state index in [4.69, 9.17) is 5.11 Å². The van der Waals surface area contributed by atoms with Gasteiger partial charge in [-0.3, -0.25) is 25.0 Å². The van der Waals surface area contributed by atoms with Gasteiger partial charge in [-0.1, -0.05) is 0 Å². The van der Waals surface area contributed by atoms with Gasteiger partial charge in [0.1, 0.15) is 12.2 Å². The van der Waals surface area contributed by atoms with Crippen LogP contribution in [0.15, 0.2) is 18.2 Å². The van der Waals surface area contributed by atoms with E-state index in [9.17, 15) is 25.0 Å². The van der Waals surface area contributed by atoms with Gasteiger partial charge in [-0.15, -0.1) is 0 Å². The lowest BCUT2D eigenvalue weighted by Gasteiger charge is -2.20. The van der Waals surface area contributed by atoms with E-state index in [1.807, 2.05) is 0 Å². The second kappa shape index (κ2) is 5.76. The molecule has 0 fully saturated rings. The van der Waals surface area contributed by atoms with Gasteiger partial charge < -0.3 is 10.0 Å². The van der Waals surface area contributed by atoms with Crippen LogP contribution in [0.2, 0.25) is 0 Å². The number of nitro groups is 2. The van der Waals surface area contributed by atoms with E-state index >= 15 is 0 Å². The number of nitro benzene ring substituents is 2. The Morgan fingerprint density at radius 2 is 1.95 bits per heavy atom. The Morgan fingerprint density at radius 3 is 2.37 bits per heavy atom. The van der Waals surface area contributed by atoms with Crippen molar-refractivity contribution >= 4 is 23.0 Å². The average molecular weight is 269 g/mol. The minimum atomic E-state index is -1.14. The Labute approximate surface area is 107 Å². The first kappa shape index (κ1) is 14.4. The van der Waals surface area contributed by atoms with Gasteiger partial charge in [0.2, 0.25) is 0 Å². The van der Waals surface area contributed by atoms with E-state index in [1.165, 1.54) is 11.0 Å². The van der Waals surface area contributed by atoms with Crippen molar-refractivity contribution in [3.8, 4) is 0 Å². The molecular weight excluding hydrogens is 258 g/mol. The molecule has 9 nitrogen and oxygen atoms in total. The number of benzene rings is 1. The molecule has 0 aliphatic rings. The summed E-state index contributed by atoms with van der Waals surface area (Å²) in [5, 5.41) is 30.2. The lowest BCUT2D eigenvalue weighted by atomic mass is 10.2. The number of nitrogens with zero attached hydrogens (tertiary/aromatic N) is 3. The molecule has 0 radical (unpaired) electrons. The first-order valence-electron chi connectivity index (χ1n) is 5.26. The molecule has 0 spiro atoms. The number of carboxylic acid groups (broad SMARTS) is 1. The van der Waals surface area contributed by atoms with Crippen molar-refractivity contribution in [1.82, 2.24) is 0 Å². The Balaban J connectivity index is 3.29. The first-order chi connectivity index (χ1) is 8.86. The van der Waals surface area contributed by atoms with Crippen molar-refractivity contribution in [3.05, 3.63) is 38.4 Å². The van der Waals surface area contributed by atoms with Crippen LogP contribution in [0.25, 0.3) is 0 Å². The smallest absolute Gasteiger partial charge is 0.323 e. The van der Waals surface area contributed by atoms with Crippen LogP contribution in [-0.2, 0) is 4.79 Å². The Hall–Kier alpha value is -2.71. The highest BCUT2D eigenvalue weighted by Crippen LogP contribution is 2.31. The Kier molecular flexibility index (Phi) is 4.35. The molecule has 0 atom stereocenters. The molecule has 0 aliphatic carbocycles. The lowest BCUT2D eigenvalue weighted by molar-refractivity contribution is -0.393. The largest absolute Gasteiger partial charge is 0.480 e. The minimum absolute atomic E-state index is 0.0421. The third-order valence-electron chi connectivity index (χ3n) is 2.42. The van der Waals surface area contributed by atoms with Gasteiger partial charge in [-0.2, -0.15) is 0 Å². The number of rotatable bonds is 6. The SMILES string of the molecule is CCN(CC(=O)O)c1ccc([N+](=O)[O-])cc1[N+](=O)[O-]. The van der Waals surface area contributed by atoms with Crippen LogP contribution < -0.4 is 4.90 Å². The van der Waals surface area contributed by atoms with Crippen LogP contribution in [0.5, 0.6) is 0 Å². The van der Waals surface area contributed by atoms with E-state index in [-0.39, 0.29) is 12.2 Å². The second-order valence-electron chi connectivity index (χ2n) is 3.60. The molecule has 1 aromatic carbocycles. The molecule has 1 N–H and O–H groups in total. The van der Waals surface area contributed by atoms with Crippen LogP contribution in [0.1, 0.15) is 6.92 Å². The number of aliphatic carboxylic acids is 1. The fraction of sp³-hybridized carbons (Fsp3) is 0.300. The molecule has 0 heterocycles. The van der Waals surface area contributed by atoms with Crippen molar-refractivity contribution in [1.29, 1.82) is 0 Å².